The highest BCUT2D eigenvalue weighted by atomic mass is 16.3. The van der Waals surface area contributed by atoms with Crippen LogP contribution in [0.1, 0.15) is 245 Å². The third-order valence-corrected chi connectivity index (χ3v) is 11.0. The Morgan fingerprint density at radius 1 is 0.446 bits per heavy atom. The molecular formula is C52H95NO3. The number of amides is 1. The minimum atomic E-state index is -0.840. The van der Waals surface area contributed by atoms with Gasteiger partial charge < -0.3 is 15.5 Å². The summed E-state index contributed by atoms with van der Waals surface area (Å²) in [7, 11) is 0. The second-order valence-corrected chi connectivity index (χ2v) is 16.5. The van der Waals surface area contributed by atoms with Gasteiger partial charge in [-0.05, 0) is 57.8 Å². The summed E-state index contributed by atoms with van der Waals surface area (Å²) in [5.74, 6) is -0.0650. The van der Waals surface area contributed by atoms with Gasteiger partial charge in [0, 0.05) is 6.42 Å². The van der Waals surface area contributed by atoms with Crippen LogP contribution in [0.4, 0.5) is 0 Å². The number of carbonyl (C=O) groups is 1. The summed E-state index contributed by atoms with van der Waals surface area (Å²) >= 11 is 0. The molecule has 0 radical (unpaired) electrons. The van der Waals surface area contributed by atoms with Gasteiger partial charge in [-0.3, -0.25) is 4.79 Å². The first-order valence-corrected chi connectivity index (χ1v) is 24.5. The first-order valence-electron chi connectivity index (χ1n) is 24.5. The van der Waals surface area contributed by atoms with Crippen molar-refractivity contribution in [2.24, 2.45) is 0 Å². The molecule has 0 aliphatic rings. The minimum Gasteiger partial charge on any atom is -0.394 e. The summed E-state index contributed by atoms with van der Waals surface area (Å²) in [5, 5.41) is 23.1. The Balaban J connectivity index is 3.53. The molecule has 1 amide bonds. The van der Waals surface area contributed by atoms with Crippen LogP contribution >= 0.6 is 0 Å². The fourth-order valence-electron chi connectivity index (χ4n) is 7.29. The van der Waals surface area contributed by atoms with Crippen molar-refractivity contribution in [2.45, 2.75) is 257 Å². The van der Waals surface area contributed by atoms with E-state index in [0.717, 1.165) is 51.4 Å². The molecule has 3 N–H and O–H groups in total. The summed E-state index contributed by atoms with van der Waals surface area (Å²) in [6, 6.07) is -0.624. The van der Waals surface area contributed by atoms with Crippen molar-refractivity contribution in [2.75, 3.05) is 6.61 Å². The summed E-state index contributed by atoms with van der Waals surface area (Å²) in [5.41, 5.74) is 0. The molecule has 0 spiro atoms. The highest BCUT2D eigenvalue weighted by Gasteiger charge is 2.18. The van der Waals surface area contributed by atoms with Crippen LogP contribution in [0.15, 0.2) is 60.8 Å². The summed E-state index contributed by atoms with van der Waals surface area (Å²) in [6.07, 6.45) is 66.3. The molecule has 0 saturated carbocycles. The van der Waals surface area contributed by atoms with Crippen LogP contribution in [-0.2, 0) is 4.79 Å². The van der Waals surface area contributed by atoms with Crippen LogP contribution < -0.4 is 5.32 Å². The van der Waals surface area contributed by atoms with E-state index in [9.17, 15) is 15.0 Å². The van der Waals surface area contributed by atoms with Crippen LogP contribution in [0.2, 0.25) is 0 Å². The molecular weight excluding hydrogens is 687 g/mol. The number of hydrogen-bond donors (Lipinski definition) is 3. The summed E-state index contributed by atoms with van der Waals surface area (Å²) in [6.45, 7) is 4.21. The van der Waals surface area contributed by atoms with Crippen LogP contribution in [0, 0.1) is 0 Å². The Morgan fingerprint density at radius 2 is 0.786 bits per heavy atom. The van der Waals surface area contributed by atoms with Gasteiger partial charge in [0.1, 0.15) is 0 Å². The monoisotopic (exact) mass is 782 g/mol. The molecule has 0 heterocycles. The second kappa shape index (κ2) is 47.5. The minimum absolute atomic E-state index is 0.0650. The predicted molar refractivity (Wildman–Crippen MR) is 248 cm³/mol. The number of nitrogens with one attached hydrogen (secondary N) is 1. The molecule has 0 aromatic heterocycles. The molecule has 56 heavy (non-hydrogen) atoms. The van der Waals surface area contributed by atoms with E-state index in [1.54, 1.807) is 6.08 Å². The number of carbonyl (C=O) groups excluding carboxylic acids is 1. The molecule has 4 nitrogen and oxygen atoms in total. The van der Waals surface area contributed by atoms with Crippen molar-refractivity contribution in [3.8, 4) is 0 Å². The van der Waals surface area contributed by atoms with Crippen LogP contribution in [-0.4, -0.2) is 34.9 Å². The van der Waals surface area contributed by atoms with Crippen molar-refractivity contribution in [1.29, 1.82) is 0 Å². The van der Waals surface area contributed by atoms with Gasteiger partial charge in [-0.15, -0.1) is 0 Å². The van der Waals surface area contributed by atoms with Gasteiger partial charge in [-0.25, -0.2) is 0 Å². The molecule has 0 rings (SSSR count). The van der Waals surface area contributed by atoms with Crippen molar-refractivity contribution in [3.63, 3.8) is 0 Å². The van der Waals surface area contributed by atoms with Crippen LogP contribution in [0.5, 0.6) is 0 Å². The Labute approximate surface area is 349 Å². The van der Waals surface area contributed by atoms with E-state index in [-0.39, 0.29) is 12.5 Å². The number of unbranched alkanes of at least 4 members (excludes halogenated alkanes) is 29. The SMILES string of the molecule is CC/C=C\C/C=C\C/C=C\C/C=C\CCCCCCCCCCCCCCCCC(=O)NC(CO)C(O)/C=C/CCCCCCCCCCCCCCCCC. The third-order valence-electron chi connectivity index (χ3n) is 11.0. The molecule has 0 fully saturated rings. The van der Waals surface area contributed by atoms with Crippen LogP contribution in [0.25, 0.3) is 0 Å². The topological polar surface area (TPSA) is 69.6 Å². The Hall–Kier alpha value is -1.91. The number of aliphatic hydroxyl groups excluding tert-OH is 2. The second-order valence-electron chi connectivity index (χ2n) is 16.5. The Morgan fingerprint density at radius 3 is 1.18 bits per heavy atom. The van der Waals surface area contributed by atoms with Crippen molar-refractivity contribution in [3.05, 3.63) is 60.8 Å². The van der Waals surface area contributed by atoms with Gasteiger partial charge in [-0.1, -0.05) is 242 Å². The molecule has 4 heteroatoms. The fourth-order valence-corrected chi connectivity index (χ4v) is 7.29. The quantitative estimate of drug-likeness (QED) is 0.0426. The van der Waals surface area contributed by atoms with Gasteiger partial charge in [-0.2, -0.15) is 0 Å². The maximum absolute atomic E-state index is 12.4. The van der Waals surface area contributed by atoms with Gasteiger partial charge in [0.25, 0.3) is 0 Å². The summed E-state index contributed by atoms with van der Waals surface area (Å²) < 4.78 is 0. The van der Waals surface area contributed by atoms with E-state index in [2.05, 4.69) is 67.8 Å². The van der Waals surface area contributed by atoms with Crippen molar-refractivity contribution >= 4 is 5.91 Å². The third kappa shape index (κ3) is 43.2. The molecule has 0 bridgehead atoms. The first kappa shape index (κ1) is 54.1. The normalized spacial score (nSPS) is 13.4. The van der Waals surface area contributed by atoms with E-state index in [1.165, 1.54) is 173 Å². The zero-order chi connectivity index (χ0) is 40.7. The van der Waals surface area contributed by atoms with E-state index in [1.807, 2.05) is 6.08 Å². The van der Waals surface area contributed by atoms with E-state index in [0.29, 0.717) is 6.42 Å². The van der Waals surface area contributed by atoms with Crippen LogP contribution in [0.3, 0.4) is 0 Å². The summed E-state index contributed by atoms with van der Waals surface area (Å²) in [4.78, 5) is 12.4. The number of rotatable bonds is 44. The lowest BCUT2D eigenvalue weighted by molar-refractivity contribution is -0.123. The maximum atomic E-state index is 12.4. The zero-order valence-corrected chi connectivity index (χ0v) is 37.4. The highest BCUT2D eigenvalue weighted by molar-refractivity contribution is 5.76. The molecule has 0 aromatic carbocycles. The average molecular weight is 782 g/mol. The highest BCUT2D eigenvalue weighted by Crippen LogP contribution is 2.16. The van der Waals surface area contributed by atoms with Gasteiger partial charge in [0.05, 0.1) is 18.8 Å². The lowest BCUT2D eigenvalue weighted by Gasteiger charge is -2.20. The number of hydrogen-bond acceptors (Lipinski definition) is 3. The van der Waals surface area contributed by atoms with Crippen molar-refractivity contribution < 1.29 is 15.0 Å². The predicted octanol–water partition coefficient (Wildman–Crippen LogP) is 15.7. The molecule has 326 valence electrons. The number of aliphatic hydroxyl groups is 2. The van der Waals surface area contributed by atoms with Gasteiger partial charge >= 0.3 is 0 Å². The number of allylic oxidation sites excluding steroid dienone is 9. The van der Waals surface area contributed by atoms with E-state index >= 15 is 0 Å². The molecule has 2 unspecified atom stereocenters. The zero-order valence-electron chi connectivity index (χ0n) is 37.4. The average Bonchev–Trinajstić information content (AvgIpc) is 3.20. The molecule has 0 aliphatic heterocycles. The smallest absolute Gasteiger partial charge is 0.220 e. The van der Waals surface area contributed by atoms with E-state index < -0.39 is 12.1 Å². The first-order chi connectivity index (χ1) is 27.7. The Bertz CT molecular complexity index is 934. The standard InChI is InChI=1S/C52H95NO3/c1-3-5-7-9-11-13-15-17-19-21-22-23-24-25-26-27-28-29-30-32-34-36-38-40-42-44-46-48-52(56)53-50(49-54)51(55)47-45-43-41-39-37-35-33-31-20-18-16-14-12-10-8-6-4-2/h5,7,11,13,17,19,22-23,45,47,50-51,54-55H,3-4,6,8-10,12,14-16,18,20-21,24-44,46,48-49H2,1-2H3,(H,53,56)/b7-5-,13-11-,19-17-,23-22-,47-45+. The fraction of sp³-hybridized carbons (Fsp3) is 0.788. The molecule has 0 saturated heterocycles. The van der Waals surface area contributed by atoms with Gasteiger partial charge in [0.15, 0.2) is 0 Å². The lowest BCUT2D eigenvalue weighted by atomic mass is 10.0. The van der Waals surface area contributed by atoms with E-state index in [4.69, 9.17) is 0 Å². The molecule has 2 atom stereocenters. The van der Waals surface area contributed by atoms with Crippen molar-refractivity contribution in [1.82, 2.24) is 5.32 Å². The molecule has 0 aliphatic carbocycles. The largest absolute Gasteiger partial charge is 0.394 e. The Kier molecular flexibility index (Phi) is 45.8. The lowest BCUT2D eigenvalue weighted by Crippen LogP contribution is -2.45. The maximum Gasteiger partial charge on any atom is 0.220 e. The molecule has 0 aromatic rings. The van der Waals surface area contributed by atoms with Gasteiger partial charge in [0.2, 0.25) is 5.91 Å².